The number of halogens is 3. The van der Waals surface area contributed by atoms with Gasteiger partial charge in [0.05, 0.1) is 11.3 Å². The minimum atomic E-state index is -0.982. The van der Waals surface area contributed by atoms with Crippen LogP contribution in [0.15, 0.2) is 47.3 Å². The van der Waals surface area contributed by atoms with E-state index < -0.39 is 34.5 Å². The highest BCUT2D eigenvalue weighted by molar-refractivity contribution is 6.29. The smallest absolute Gasteiger partial charge is 0.259 e. The first-order valence-corrected chi connectivity index (χ1v) is 7.57. The van der Waals surface area contributed by atoms with Crippen molar-refractivity contribution in [3.63, 3.8) is 0 Å². The highest BCUT2D eigenvalue weighted by atomic mass is 35.5. The maximum absolute atomic E-state index is 14.4. The molecule has 0 aliphatic rings. The van der Waals surface area contributed by atoms with Crippen molar-refractivity contribution in [3.05, 3.63) is 64.5 Å². The summed E-state index contributed by atoms with van der Waals surface area (Å²) in [5.74, 6) is -3.33. The predicted molar refractivity (Wildman–Crippen MR) is 95.0 cm³/mol. The fourth-order valence-corrected chi connectivity index (χ4v) is 2.33. The second-order valence-corrected chi connectivity index (χ2v) is 5.78. The van der Waals surface area contributed by atoms with Gasteiger partial charge in [-0.1, -0.05) is 18.2 Å². The molecule has 0 saturated heterocycles. The average molecular weight is 381 g/mol. The molecule has 0 radical (unpaired) electrons. The fourth-order valence-electron chi connectivity index (χ4n) is 2.12. The van der Waals surface area contributed by atoms with Crippen LogP contribution in [-0.2, 0) is 0 Å². The van der Waals surface area contributed by atoms with Gasteiger partial charge < -0.3 is 21.9 Å². The van der Waals surface area contributed by atoms with Crippen LogP contribution in [0.4, 0.5) is 14.6 Å². The third kappa shape index (κ3) is 3.92. The summed E-state index contributed by atoms with van der Waals surface area (Å²) in [4.78, 5) is 16.0. The number of benzene rings is 1. The van der Waals surface area contributed by atoms with E-state index in [-0.39, 0.29) is 22.2 Å². The average Bonchev–Trinajstić information content (AvgIpc) is 2.55. The van der Waals surface area contributed by atoms with Gasteiger partial charge in [0, 0.05) is 5.56 Å². The molecule has 136 valence electrons. The van der Waals surface area contributed by atoms with E-state index in [4.69, 9.17) is 23.1 Å². The highest BCUT2D eigenvalue weighted by Crippen LogP contribution is 2.31. The molecule has 6 nitrogen and oxygen atoms in total. The lowest BCUT2D eigenvalue weighted by Crippen LogP contribution is -2.25. The lowest BCUT2D eigenvalue weighted by atomic mass is 10.0. The van der Waals surface area contributed by atoms with Crippen LogP contribution in [0.25, 0.3) is 11.3 Å². The first-order valence-electron chi connectivity index (χ1n) is 7.19. The van der Waals surface area contributed by atoms with Gasteiger partial charge in [-0.15, -0.1) is 0 Å². The maximum Gasteiger partial charge on any atom is 0.259 e. The zero-order valence-electron chi connectivity index (χ0n) is 13.6. The van der Waals surface area contributed by atoms with Gasteiger partial charge in [-0.3, -0.25) is 4.79 Å². The molecule has 1 heterocycles. The molecule has 1 aromatic heterocycles. The lowest BCUT2D eigenvalue weighted by molar-refractivity contribution is 0.0963. The number of carbonyl (C=O) groups is 1. The van der Waals surface area contributed by atoms with Crippen molar-refractivity contribution < 1.29 is 18.7 Å². The first-order chi connectivity index (χ1) is 12.1. The van der Waals surface area contributed by atoms with Gasteiger partial charge in [0.2, 0.25) is 0 Å². The Balaban J connectivity index is 2.47. The Morgan fingerprint density at radius 3 is 2.54 bits per heavy atom. The van der Waals surface area contributed by atoms with Crippen LogP contribution in [-0.4, -0.2) is 16.0 Å². The molecule has 0 bridgehead atoms. The Labute approximate surface area is 152 Å². The predicted octanol–water partition coefficient (Wildman–Crippen LogP) is 2.99. The third-order valence-electron chi connectivity index (χ3n) is 3.36. The quantitative estimate of drug-likeness (QED) is 0.481. The number of amides is 1. The van der Waals surface area contributed by atoms with E-state index >= 15 is 0 Å². The summed E-state index contributed by atoms with van der Waals surface area (Å²) in [5.41, 5.74) is 10.1. The molecule has 0 saturated carbocycles. The Hall–Kier alpha value is -3.13. The summed E-state index contributed by atoms with van der Waals surface area (Å²) in [5, 5.41) is 12.2. The summed E-state index contributed by atoms with van der Waals surface area (Å²) in [6, 6.07) is 3.84. The van der Waals surface area contributed by atoms with Crippen LogP contribution in [0, 0.1) is 11.6 Å². The molecule has 1 amide bonds. The minimum absolute atomic E-state index is 0.0315. The summed E-state index contributed by atoms with van der Waals surface area (Å²) in [6.07, 6.45) is 0. The molecule has 26 heavy (non-hydrogen) atoms. The Bertz CT molecular complexity index is 941. The number of hydrogen-bond donors (Lipinski definition) is 4. The van der Waals surface area contributed by atoms with Gasteiger partial charge in [0.25, 0.3) is 5.91 Å². The van der Waals surface area contributed by atoms with Crippen LogP contribution in [0.1, 0.15) is 17.3 Å². The number of nitrogens with one attached hydrogen (secondary N) is 1. The second kappa shape index (κ2) is 7.40. The minimum Gasteiger partial charge on any atom is -0.507 e. The van der Waals surface area contributed by atoms with Crippen molar-refractivity contribution in [1.29, 1.82) is 0 Å². The molecule has 0 spiro atoms. The van der Waals surface area contributed by atoms with Gasteiger partial charge in [-0.25, -0.2) is 13.8 Å². The summed E-state index contributed by atoms with van der Waals surface area (Å²) >= 11 is 5.66. The van der Waals surface area contributed by atoms with E-state index in [1.165, 1.54) is 6.07 Å². The zero-order valence-corrected chi connectivity index (χ0v) is 14.4. The van der Waals surface area contributed by atoms with E-state index in [2.05, 4.69) is 16.9 Å². The number of nitrogen functional groups attached to an aromatic ring is 1. The molecule has 2 aromatic rings. The standard InChI is InChI=1S/C17H15ClF2N4O2/c1-7(2)14(16(18)22)24-17(26)9-5-11(20)8(6-12(9)25)15-10(19)3-4-13(21)23-15/h3-6,25H,1,22H2,2H3,(H2,21,23)(H,24,26)/b16-14+. The number of pyridine rings is 1. The molecule has 6 N–H and O–H groups in total. The normalized spacial score (nSPS) is 11.7. The number of aromatic nitrogens is 1. The number of carbonyl (C=O) groups excluding carboxylic acids is 1. The van der Waals surface area contributed by atoms with Gasteiger partial charge in [0.15, 0.2) is 0 Å². The van der Waals surface area contributed by atoms with Crippen molar-refractivity contribution >= 4 is 23.3 Å². The van der Waals surface area contributed by atoms with Gasteiger partial charge in [0.1, 0.15) is 34.1 Å². The number of rotatable bonds is 4. The Kier molecular flexibility index (Phi) is 5.47. The first kappa shape index (κ1) is 19.2. The topological polar surface area (TPSA) is 114 Å². The van der Waals surface area contributed by atoms with E-state index in [1.807, 2.05) is 0 Å². The molecule has 0 aliphatic heterocycles. The number of nitrogens with two attached hydrogens (primary N) is 2. The molecular formula is C17H15ClF2N4O2. The highest BCUT2D eigenvalue weighted by Gasteiger charge is 2.20. The van der Waals surface area contributed by atoms with E-state index in [0.717, 1.165) is 18.2 Å². The summed E-state index contributed by atoms with van der Waals surface area (Å²) in [7, 11) is 0. The van der Waals surface area contributed by atoms with Crippen LogP contribution in [0.2, 0.25) is 0 Å². The third-order valence-corrected chi connectivity index (χ3v) is 3.55. The molecule has 0 atom stereocenters. The molecule has 0 fully saturated rings. The summed E-state index contributed by atoms with van der Waals surface area (Å²) in [6.45, 7) is 5.14. The van der Waals surface area contributed by atoms with E-state index in [9.17, 15) is 18.7 Å². The number of phenols is 1. The van der Waals surface area contributed by atoms with Crippen LogP contribution < -0.4 is 16.8 Å². The monoisotopic (exact) mass is 380 g/mol. The van der Waals surface area contributed by atoms with Crippen molar-refractivity contribution in [2.45, 2.75) is 6.92 Å². The van der Waals surface area contributed by atoms with E-state index in [1.54, 1.807) is 6.92 Å². The van der Waals surface area contributed by atoms with Crippen LogP contribution in [0.5, 0.6) is 5.75 Å². The van der Waals surface area contributed by atoms with Crippen molar-refractivity contribution in [2.75, 3.05) is 5.73 Å². The van der Waals surface area contributed by atoms with Crippen molar-refractivity contribution in [2.24, 2.45) is 5.73 Å². The van der Waals surface area contributed by atoms with E-state index in [0.29, 0.717) is 5.57 Å². The zero-order chi connectivity index (χ0) is 19.6. The maximum atomic E-state index is 14.4. The molecule has 9 heteroatoms. The van der Waals surface area contributed by atoms with Gasteiger partial charge in [-0.2, -0.15) is 0 Å². The number of anilines is 1. The van der Waals surface area contributed by atoms with Crippen molar-refractivity contribution in [3.8, 4) is 17.0 Å². The van der Waals surface area contributed by atoms with Crippen LogP contribution >= 0.6 is 11.6 Å². The molecule has 0 unspecified atom stereocenters. The van der Waals surface area contributed by atoms with Gasteiger partial charge in [-0.05, 0) is 36.8 Å². The number of allylic oxidation sites excluding steroid dienone is 1. The number of phenolic OH excluding ortho intramolecular Hbond substituents is 1. The Morgan fingerprint density at radius 2 is 1.96 bits per heavy atom. The molecule has 1 aromatic carbocycles. The molecule has 2 rings (SSSR count). The van der Waals surface area contributed by atoms with Crippen molar-refractivity contribution in [1.82, 2.24) is 10.3 Å². The fraction of sp³-hybridized carbons (Fsp3) is 0.0588. The molecule has 0 aliphatic carbocycles. The SMILES string of the molecule is C=C(C)/C(NC(=O)c1cc(F)c(-c2nc(N)ccc2F)cc1O)=C(\N)Cl. The molecular weight excluding hydrogens is 366 g/mol. The second-order valence-electron chi connectivity index (χ2n) is 5.37. The van der Waals surface area contributed by atoms with Crippen LogP contribution in [0.3, 0.4) is 0 Å². The largest absolute Gasteiger partial charge is 0.507 e. The summed E-state index contributed by atoms with van der Waals surface area (Å²) < 4.78 is 28.3. The number of nitrogens with zero attached hydrogens (tertiary/aromatic N) is 1. The van der Waals surface area contributed by atoms with Gasteiger partial charge >= 0.3 is 0 Å². The lowest BCUT2D eigenvalue weighted by Gasteiger charge is -2.13. The number of hydrogen-bond acceptors (Lipinski definition) is 5. The number of aromatic hydroxyl groups is 1. The Morgan fingerprint density at radius 1 is 1.31 bits per heavy atom.